The Labute approximate surface area is 137 Å². The summed E-state index contributed by atoms with van der Waals surface area (Å²) in [7, 11) is -4.31. The Kier molecular flexibility index (Phi) is 4.86. The Morgan fingerprint density at radius 3 is 2.29 bits per heavy atom. The highest BCUT2D eigenvalue weighted by atomic mass is 32.2. The van der Waals surface area contributed by atoms with Gasteiger partial charge in [-0.1, -0.05) is 18.2 Å². The standard InChI is InChI=1S/C15H14N2O6S/c1-9(18)17-12-7-10(15(19)20)8-13(24(16,21)22)14(12)23-11-5-3-2-4-6-11/h2-8H,1H3,(H,17,18)(H,19,20)(H2,16,21,22). The zero-order valence-corrected chi connectivity index (χ0v) is 13.3. The molecule has 8 nitrogen and oxygen atoms in total. The Bertz CT molecular complexity index is 894. The van der Waals surface area contributed by atoms with Gasteiger partial charge < -0.3 is 15.2 Å². The monoisotopic (exact) mass is 350 g/mol. The molecule has 0 heterocycles. The number of nitrogens with one attached hydrogen (secondary N) is 1. The van der Waals surface area contributed by atoms with E-state index < -0.39 is 26.8 Å². The van der Waals surface area contributed by atoms with Gasteiger partial charge >= 0.3 is 5.97 Å². The first-order valence-electron chi connectivity index (χ1n) is 6.63. The van der Waals surface area contributed by atoms with Gasteiger partial charge in [0.2, 0.25) is 15.9 Å². The van der Waals surface area contributed by atoms with Crippen LogP contribution < -0.4 is 15.2 Å². The molecule has 2 rings (SSSR count). The van der Waals surface area contributed by atoms with Crippen molar-refractivity contribution >= 4 is 27.6 Å². The maximum absolute atomic E-state index is 11.8. The van der Waals surface area contributed by atoms with Crippen LogP contribution in [0.25, 0.3) is 0 Å². The number of hydrogen-bond acceptors (Lipinski definition) is 5. The Hall–Kier alpha value is -2.91. The summed E-state index contributed by atoms with van der Waals surface area (Å²) in [5.41, 5.74) is -0.474. The molecule has 0 radical (unpaired) electrons. The molecule has 4 N–H and O–H groups in total. The molecule has 1 amide bonds. The van der Waals surface area contributed by atoms with Crippen molar-refractivity contribution in [2.75, 3.05) is 5.32 Å². The maximum atomic E-state index is 11.8. The number of sulfonamides is 1. The van der Waals surface area contributed by atoms with Gasteiger partial charge in [-0.05, 0) is 24.3 Å². The van der Waals surface area contributed by atoms with E-state index >= 15 is 0 Å². The van der Waals surface area contributed by atoms with Crippen LogP contribution in [0.3, 0.4) is 0 Å². The topological polar surface area (TPSA) is 136 Å². The summed E-state index contributed by atoms with van der Waals surface area (Å²) in [4.78, 5) is 22.0. The van der Waals surface area contributed by atoms with Gasteiger partial charge in [0, 0.05) is 6.92 Å². The number of aromatic carboxylic acids is 1. The number of carboxylic acids is 1. The number of para-hydroxylation sites is 1. The smallest absolute Gasteiger partial charge is 0.335 e. The minimum atomic E-state index is -4.31. The molecule has 0 bridgehead atoms. The SMILES string of the molecule is CC(=O)Nc1cc(C(=O)O)cc(S(N)(=O)=O)c1Oc1ccccc1. The van der Waals surface area contributed by atoms with Crippen LogP contribution >= 0.6 is 0 Å². The third-order valence-corrected chi connectivity index (χ3v) is 3.80. The zero-order chi connectivity index (χ0) is 17.9. The van der Waals surface area contributed by atoms with Gasteiger partial charge in [-0.25, -0.2) is 18.4 Å². The van der Waals surface area contributed by atoms with Crippen molar-refractivity contribution in [1.29, 1.82) is 0 Å². The summed E-state index contributed by atoms with van der Waals surface area (Å²) >= 11 is 0. The number of amides is 1. The molecule has 9 heteroatoms. The first kappa shape index (κ1) is 17.4. The summed E-state index contributed by atoms with van der Waals surface area (Å²) in [6, 6.07) is 10.2. The number of primary sulfonamides is 1. The quantitative estimate of drug-likeness (QED) is 0.752. The molecule has 0 unspecified atom stereocenters. The number of ether oxygens (including phenoxy) is 1. The van der Waals surface area contributed by atoms with Crippen LogP contribution in [0.5, 0.6) is 11.5 Å². The Morgan fingerprint density at radius 2 is 1.79 bits per heavy atom. The van der Waals surface area contributed by atoms with E-state index in [9.17, 15) is 18.0 Å². The average Bonchev–Trinajstić information content (AvgIpc) is 2.48. The van der Waals surface area contributed by atoms with Crippen molar-refractivity contribution in [3.05, 3.63) is 48.0 Å². The molecule has 0 aliphatic rings. The molecule has 126 valence electrons. The van der Waals surface area contributed by atoms with Crippen LogP contribution in [0.15, 0.2) is 47.4 Å². The first-order chi connectivity index (χ1) is 11.2. The summed E-state index contributed by atoms with van der Waals surface area (Å²) < 4.78 is 29.2. The second-order valence-corrected chi connectivity index (χ2v) is 6.33. The molecule has 0 saturated carbocycles. The Morgan fingerprint density at radius 1 is 1.17 bits per heavy atom. The normalized spacial score (nSPS) is 10.9. The molecule has 2 aromatic carbocycles. The second-order valence-electron chi connectivity index (χ2n) is 4.80. The molecule has 0 aliphatic carbocycles. The summed E-state index contributed by atoms with van der Waals surface area (Å²) in [5, 5.41) is 16.6. The lowest BCUT2D eigenvalue weighted by atomic mass is 10.2. The second kappa shape index (κ2) is 6.69. The van der Waals surface area contributed by atoms with E-state index in [4.69, 9.17) is 15.0 Å². The van der Waals surface area contributed by atoms with E-state index in [-0.39, 0.29) is 22.7 Å². The van der Waals surface area contributed by atoms with Crippen molar-refractivity contribution in [3.63, 3.8) is 0 Å². The largest absolute Gasteiger partial charge is 0.478 e. The maximum Gasteiger partial charge on any atom is 0.335 e. The van der Waals surface area contributed by atoms with E-state index in [1.54, 1.807) is 30.3 Å². The van der Waals surface area contributed by atoms with Crippen molar-refractivity contribution < 1.29 is 27.9 Å². The van der Waals surface area contributed by atoms with Crippen LogP contribution in [0.1, 0.15) is 17.3 Å². The number of carbonyl (C=O) groups excluding carboxylic acids is 1. The number of carbonyl (C=O) groups is 2. The van der Waals surface area contributed by atoms with Crippen molar-refractivity contribution in [2.24, 2.45) is 5.14 Å². The highest BCUT2D eigenvalue weighted by Gasteiger charge is 2.24. The highest BCUT2D eigenvalue weighted by molar-refractivity contribution is 7.89. The lowest BCUT2D eigenvalue weighted by molar-refractivity contribution is -0.114. The van der Waals surface area contributed by atoms with E-state index in [1.165, 1.54) is 6.92 Å². The number of rotatable bonds is 5. The van der Waals surface area contributed by atoms with Gasteiger partial charge in [0.25, 0.3) is 0 Å². The van der Waals surface area contributed by atoms with E-state index in [0.717, 1.165) is 12.1 Å². The molecule has 2 aromatic rings. The Balaban J connectivity index is 2.71. The highest BCUT2D eigenvalue weighted by Crippen LogP contribution is 2.37. The minimum absolute atomic E-state index is 0.115. The predicted molar refractivity (Wildman–Crippen MR) is 85.6 cm³/mol. The van der Waals surface area contributed by atoms with E-state index in [0.29, 0.717) is 0 Å². The molecule has 0 fully saturated rings. The van der Waals surface area contributed by atoms with Gasteiger partial charge in [0.05, 0.1) is 11.3 Å². The third-order valence-electron chi connectivity index (χ3n) is 2.88. The van der Waals surface area contributed by atoms with Crippen LogP contribution in [0, 0.1) is 0 Å². The van der Waals surface area contributed by atoms with E-state index in [1.807, 2.05) is 0 Å². The lowest BCUT2D eigenvalue weighted by Gasteiger charge is -2.16. The van der Waals surface area contributed by atoms with Crippen molar-refractivity contribution in [2.45, 2.75) is 11.8 Å². The van der Waals surface area contributed by atoms with Crippen LogP contribution in [0.2, 0.25) is 0 Å². The fourth-order valence-corrected chi connectivity index (χ4v) is 2.63. The number of carboxylic acid groups (broad SMARTS) is 1. The number of hydrogen-bond donors (Lipinski definition) is 3. The van der Waals surface area contributed by atoms with Gasteiger partial charge in [-0.3, -0.25) is 4.79 Å². The number of benzene rings is 2. The molecule has 0 aromatic heterocycles. The molecule has 24 heavy (non-hydrogen) atoms. The molecule has 0 saturated heterocycles. The predicted octanol–water partition coefficient (Wildman–Crippen LogP) is 1.78. The molecule has 0 atom stereocenters. The summed E-state index contributed by atoms with van der Waals surface area (Å²) in [6.07, 6.45) is 0. The molecular formula is C15H14N2O6S. The van der Waals surface area contributed by atoms with Gasteiger partial charge in [-0.15, -0.1) is 0 Å². The fraction of sp³-hybridized carbons (Fsp3) is 0.0667. The van der Waals surface area contributed by atoms with Gasteiger partial charge in [0.1, 0.15) is 10.6 Å². The van der Waals surface area contributed by atoms with E-state index in [2.05, 4.69) is 5.32 Å². The summed E-state index contributed by atoms with van der Waals surface area (Å²) in [6.45, 7) is 1.19. The molecule has 0 spiro atoms. The van der Waals surface area contributed by atoms with Crippen LogP contribution in [-0.4, -0.2) is 25.4 Å². The third kappa shape index (κ3) is 4.09. The van der Waals surface area contributed by atoms with Crippen molar-refractivity contribution in [1.82, 2.24) is 0 Å². The fourth-order valence-electron chi connectivity index (χ4n) is 1.93. The van der Waals surface area contributed by atoms with Crippen LogP contribution in [-0.2, 0) is 14.8 Å². The summed E-state index contributed by atoms with van der Waals surface area (Å²) in [5.74, 6) is -1.88. The lowest BCUT2D eigenvalue weighted by Crippen LogP contribution is -2.17. The van der Waals surface area contributed by atoms with Crippen LogP contribution in [0.4, 0.5) is 5.69 Å². The van der Waals surface area contributed by atoms with Crippen molar-refractivity contribution in [3.8, 4) is 11.5 Å². The minimum Gasteiger partial charge on any atom is -0.478 e. The number of nitrogens with two attached hydrogens (primary N) is 1. The zero-order valence-electron chi connectivity index (χ0n) is 12.5. The number of anilines is 1. The molecule has 0 aliphatic heterocycles. The van der Waals surface area contributed by atoms with Gasteiger partial charge in [-0.2, -0.15) is 0 Å². The van der Waals surface area contributed by atoms with Gasteiger partial charge in [0.15, 0.2) is 5.75 Å². The molecular weight excluding hydrogens is 336 g/mol. The average molecular weight is 350 g/mol. The first-order valence-corrected chi connectivity index (χ1v) is 8.17.